The zero-order chi connectivity index (χ0) is 16.4. The molecule has 0 aliphatic carbocycles. The topological polar surface area (TPSA) is 0 Å². The Balaban J connectivity index is 2.02. The van der Waals surface area contributed by atoms with Crippen LogP contribution in [-0.4, -0.2) is 22.5 Å². The Kier molecular flexibility index (Phi) is 4.69. The first-order chi connectivity index (χ1) is 11.8. The summed E-state index contributed by atoms with van der Waals surface area (Å²) in [5.41, 5.74) is 0. The number of benzene rings is 4. The van der Waals surface area contributed by atoms with Gasteiger partial charge in [-0.1, -0.05) is 0 Å². The van der Waals surface area contributed by atoms with Crippen molar-refractivity contribution in [2.24, 2.45) is 0 Å². The van der Waals surface area contributed by atoms with Crippen LogP contribution in [0.3, 0.4) is 0 Å². The average molecular weight is 430 g/mol. The van der Waals surface area contributed by atoms with Gasteiger partial charge in [0.2, 0.25) is 0 Å². The first kappa shape index (κ1) is 15.9. The summed E-state index contributed by atoms with van der Waals surface area (Å²) in [6.07, 6.45) is 0. The van der Waals surface area contributed by atoms with Gasteiger partial charge in [0.15, 0.2) is 0 Å². The molecule has 0 bridgehead atoms. The van der Waals surface area contributed by atoms with Gasteiger partial charge in [0.05, 0.1) is 0 Å². The van der Waals surface area contributed by atoms with E-state index in [0.717, 1.165) is 0 Å². The van der Waals surface area contributed by atoms with Gasteiger partial charge in [0.25, 0.3) is 0 Å². The molecule has 0 fully saturated rings. The van der Waals surface area contributed by atoms with Gasteiger partial charge in [-0.25, -0.2) is 0 Å². The molecule has 0 nitrogen and oxygen atoms in total. The van der Waals surface area contributed by atoms with Crippen molar-refractivity contribution in [1.29, 1.82) is 0 Å². The Labute approximate surface area is 157 Å². The quantitative estimate of drug-likeness (QED) is 0.346. The number of hydrogen-bond acceptors (Lipinski definition) is 0. The second-order valence-electron chi connectivity index (χ2n) is 5.69. The summed E-state index contributed by atoms with van der Waals surface area (Å²) in [6.45, 7) is 0. The van der Waals surface area contributed by atoms with Crippen LogP contribution in [0.4, 0.5) is 0 Å². The molecule has 0 saturated heterocycles. The second kappa shape index (κ2) is 7.09. The van der Waals surface area contributed by atoms with Crippen LogP contribution in [0.15, 0.2) is 97.1 Å². The Bertz CT molecular complexity index is 920. The summed E-state index contributed by atoms with van der Waals surface area (Å²) in [7, 11) is -0.548. The maximum absolute atomic E-state index is 2.32. The van der Waals surface area contributed by atoms with E-state index >= 15 is 0 Å². The van der Waals surface area contributed by atoms with E-state index in [0.29, 0.717) is 0 Å². The molecule has 0 amide bonds. The second-order valence-corrected chi connectivity index (χ2v) is 9.41. The Hall–Kier alpha value is -1.63. The monoisotopic (exact) mass is 431 g/mol. The summed E-state index contributed by atoms with van der Waals surface area (Å²) < 4.78 is 1.44. The molecule has 0 N–H and O–H groups in total. The Morgan fingerprint density at radius 3 is 1.67 bits per heavy atom. The van der Waals surface area contributed by atoms with E-state index in [1.807, 2.05) is 0 Å². The molecule has 0 saturated carbocycles. The average Bonchev–Trinajstić information content (AvgIpc) is 2.64. The van der Waals surface area contributed by atoms with Crippen LogP contribution in [0.25, 0.3) is 10.8 Å². The molecule has 113 valence electrons. The van der Waals surface area contributed by atoms with Crippen LogP contribution >= 0.6 is 7.92 Å². The van der Waals surface area contributed by atoms with Crippen molar-refractivity contribution < 1.29 is 0 Å². The van der Waals surface area contributed by atoms with Crippen molar-refractivity contribution in [2.75, 3.05) is 0 Å². The van der Waals surface area contributed by atoms with E-state index in [9.17, 15) is 0 Å². The third-order valence-electron chi connectivity index (χ3n) is 4.15. The predicted octanol–water partition coefficient (Wildman–Crippen LogP) is 3.39. The summed E-state index contributed by atoms with van der Waals surface area (Å²) in [5.74, 6) is 0. The van der Waals surface area contributed by atoms with E-state index in [2.05, 4.69) is 97.1 Å². The number of hydrogen-bond donors (Lipinski definition) is 0. The van der Waals surface area contributed by atoms with Crippen LogP contribution < -0.4 is 19.5 Å². The van der Waals surface area contributed by atoms with Gasteiger partial charge >= 0.3 is 158 Å². The van der Waals surface area contributed by atoms with Crippen molar-refractivity contribution in [1.82, 2.24) is 0 Å². The van der Waals surface area contributed by atoms with Crippen molar-refractivity contribution in [3.8, 4) is 0 Å². The van der Waals surface area contributed by atoms with Gasteiger partial charge in [-0.05, 0) is 0 Å². The minimum atomic E-state index is -0.548. The van der Waals surface area contributed by atoms with Crippen molar-refractivity contribution in [2.45, 2.75) is 0 Å². The van der Waals surface area contributed by atoms with Crippen molar-refractivity contribution in [3.05, 3.63) is 97.1 Å². The molecule has 4 aromatic rings. The fraction of sp³-hybridized carbons (Fsp3) is 0. The molecule has 4 rings (SSSR count). The van der Waals surface area contributed by atoms with E-state index < -0.39 is 7.92 Å². The molecule has 0 atom stereocenters. The number of fused-ring (bicyclic) bond motifs is 1. The molecule has 4 aromatic carbocycles. The fourth-order valence-corrected chi connectivity index (χ4v) is 6.96. The molecule has 24 heavy (non-hydrogen) atoms. The number of rotatable bonds is 3. The van der Waals surface area contributed by atoms with Crippen LogP contribution in [0, 0.1) is 0 Å². The molecule has 0 heterocycles. The minimum absolute atomic E-state index is 0.548. The van der Waals surface area contributed by atoms with Gasteiger partial charge < -0.3 is 0 Å². The summed E-state index contributed by atoms with van der Waals surface area (Å²) in [5, 5.41) is 7.07. The molecule has 0 aliphatic rings. The molecule has 2 heteroatoms. The van der Waals surface area contributed by atoms with Crippen LogP contribution in [-0.2, 0) is 0 Å². The molecule has 0 aliphatic heterocycles. The van der Waals surface area contributed by atoms with Crippen LogP contribution in [0.2, 0.25) is 0 Å². The molecule has 0 spiro atoms. The predicted molar refractivity (Wildman–Crippen MR) is 108 cm³/mol. The zero-order valence-corrected chi connectivity index (χ0v) is 16.9. The normalized spacial score (nSPS) is 11.1. The standard InChI is InChI=1S/C22H16P.Sn/c1-3-12-19(13-4-1)23(20-14-5-2-6-15-20)22-17-9-11-18-10-7-8-16-21(18)22;/h1-15,17H;. The van der Waals surface area contributed by atoms with E-state index in [-0.39, 0.29) is 0 Å². The van der Waals surface area contributed by atoms with Gasteiger partial charge in [0, 0.05) is 0 Å². The molecular formula is C22H16PSn. The third kappa shape index (κ3) is 3.01. The maximum atomic E-state index is 2.32. The van der Waals surface area contributed by atoms with Crippen LogP contribution in [0.1, 0.15) is 0 Å². The van der Waals surface area contributed by atoms with E-state index in [1.165, 1.54) is 52.8 Å². The molecular weight excluding hydrogens is 414 g/mol. The Morgan fingerprint density at radius 2 is 1.08 bits per heavy atom. The SMILES string of the molecule is [Sn][c]1cccc2cccc(P(c3ccccc3)c3ccccc3)c12. The molecule has 3 radical (unpaired) electrons. The summed E-state index contributed by atoms with van der Waals surface area (Å²) >= 11 is 1.47. The van der Waals surface area contributed by atoms with Crippen molar-refractivity contribution in [3.63, 3.8) is 0 Å². The van der Waals surface area contributed by atoms with E-state index in [1.54, 1.807) is 0 Å². The fourth-order valence-electron chi connectivity index (χ4n) is 3.09. The van der Waals surface area contributed by atoms with Gasteiger partial charge in [-0.3, -0.25) is 0 Å². The zero-order valence-electron chi connectivity index (χ0n) is 13.2. The summed E-state index contributed by atoms with van der Waals surface area (Å²) in [6, 6.07) is 35.3. The summed E-state index contributed by atoms with van der Waals surface area (Å²) in [4.78, 5) is 0. The van der Waals surface area contributed by atoms with Gasteiger partial charge in [0.1, 0.15) is 0 Å². The first-order valence-electron chi connectivity index (χ1n) is 7.98. The first-order valence-corrected chi connectivity index (χ1v) is 10.7. The molecule has 0 aromatic heterocycles. The third-order valence-corrected chi connectivity index (χ3v) is 7.83. The van der Waals surface area contributed by atoms with Crippen molar-refractivity contribution >= 4 is 60.7 Å². The van der Waals surface area contributed by atoms with E-state index in [4.69, 9.17) is 0 Å². The molecule has 0 unspecified atom stereocenters. The van der Waals surface area contributed by atoms with Crippen LogP contribution in [0.5, 0.6) is 0 Å². The van der Waals surface area contributed by atoms with Gasteiger partial charge in [-0.15, -0.1) is 0 Å². The van der Waals surface area contributed by atoms with Gasteiger partial charge in [-0.2, -0.15) is 0 Å². The Morgan fingerprint density at radius 1 is 0.542 bits per heavy atom.